The number of anilines is 1. The van der Waals surface area contributed by atoms with Crippen molar-refractivity contribution in [2.45, 2.75) is 25.4 Å². The number of halogens is 3. The van der Waals surface area contributed by atoms with Crippen molar-refractivity contribution in [3.05, 3.63) is 18.0 Å². The van der Waals surface area contributed by atoms with Gasteiger partial charge in [0.25, 0.3) is 5.82 Å². The third-order valence-corrected chi connectivity index (χ3v) is 5.27. The van der Waals surface area contributed by atoms with Crippen LogP contribution in [-0.2, 0) is 11.0 Å². The number of hydrogen-bond acceptors (Lipinski definition) is 6. The predicted octanol–water partition coefficient (Wildman–Crippen LogP) is 1.28. The number of aromatic nitrogens is 4. The molecule has 0 bridgehead atoms. The van der Waals surface area contributed by atoms with E-state index in [-0.39, 0.29) is 11.6 Å². The molecule has 152 valence electrons. The van der Waals surface area contributed by atoms with Gasteiger partial charge in [-0.1, -0.05) is 0 Å². The Labute approximate surface area is 159 Å². The number of nitrogens with zero attached hydrogens (tertiary/aromatic N) is 7. The number of hydrogen-bond donors (Lipinski definition) is 0. The van der Waals surface area contributed by atoms with Crippen molar-refractivity contribution < 1.29 is 18.0 Å². The number of piperazine rings is 1. The summed E-state index contributed by atoms with van der Waals surface area (Å²) in [7, 11) is 0. The first-order valence-electron chi connectivity index (χ1n) is 9.46. The van der Waals surface area contributed by atoms with Crippen LogP contribution in [0.15, 0.2) is 12.1 Å². The molecule has 2 aliphatic rings. The van der Waals surface area contributed by atoms with Crippen molar-refractivity contribution in [1.29, 1.82) is 0 Å². The maximum absolute atomic E-state index is 13.0. The normalized spacial score (nSPS) is 19.4. The second-order valence-corrected chi connectivity index (χ2v) is 7.19. The average Bonchev–Trinajstić information content (AvgIpc) is 3.13. The molecular weight excluding hydrogens is 375 g/mol. The van der Waals surface area contributed by atoms with Crippen LogP contribution in [0.2, 0.25) is 0 Å². The molecular formula is C17H22F3N7O. The van der Waals surface area contributed by atoms with Crippen LogP contribution >= 0.6 is 0 Å². The maximum atomic E-state index is 13.0. The van der Waals surface area contributed by atoms with Crippen molar-refractivity contribution in [1.82, 2.24) is 29.6 Å². The van der Waals surface area contributed by atoms with E-state index in [4.69, 9.17) is 0 Å². The molecule has 4 rings (SSSR count). The number of piperidine rings is 1. The molecule has 8 nitrogen and oxygen atoms in total. The summed E-state index contributed by atoms with van der Waals surface area (Å²) in [5.74, 6) is -0.526. The Morgan fingerprint density at radius 1 is 0.964 bits per heavy atom. The fourth-order valence-electron chi connectivity index (χ4n) is 3.69. The summed E-state index contributed by atoms with van der Waals surface area (Å²) in [5.41, 5.74) is 0.0573. The van der Waals surface area contributed by atoms with Gasteiger partial charge in [0.05, 0.1) is 6.54 Å². The summed E-state index contributed by atoms with van der Waals surface area (Å²) in [6.07, 6.45) is -1.30. The van der Waals surface area contributed by atoms with Gasteiger partial charge in [0.2, 0.25) is 5.91 Å². The Morgan fingerprint density at radius 2 is 1.68 bits per heavy atom. The van der Waals surface area contributed by atoms with Crippen LogP contribution in [0.3, 0.4) is 0 Å². The van der Waals surface area contributed by atoms with Gasteiger partial charge in [-0.3, -0.25) is 9.69 Å². The first-order chi connectivity index (χ1) is 13.4. The lowest BCUT2D eigenvalue weighted by Crippen LogP contribution is -2.51. The lowest BCUT2D eigenvalue weighted by atomic mass is 10.1. The van der Waals surface area contributed by atoms with Crippen LogP contribution in [0.1, 0.15) is 25.1 Å². The summed E-state index contributed by atoms with van der Waals surface area (Å²) in [4.78, 5) is 18.3. The molecule has 0 saturated carbocycles. The molecule has 2 aliphatic heterocycles. The van der Waals surface area contributed by atoms with Crippen LogP contribution in [0.25, 0.3) is 5.65 Å². The minimum absolute atomic E-state index is 0.0573. The Bertz CT molecular complexity index is 839. The molecule has 4 heterocycles. The number of alkyl halides is 3. The van der Waals surface area contributed by atoms with E-state index in [9.17, 15) is 18.0 Å². The Morgan fingerprint density at radius 3 is 2.36 bits per heavy atom. The van der Waals surface area contributed by atoms with Gasteiger partial charge in [-0.05, 0) is 31.4 Å². The van der Waals surface area contributed by atoms with Crippen molar-refractivity contribution in [3.63, 3.8) is 0 Å². The van der Waals surface area contributed by atoms with E-state index >= 15 is 0 Å². The molecule has 2 aromatic heterocycles. The highest BCUT2D eigenvalue weighted by Crippen LogP contribution is 2.28. The van der Waals surface area contributed by atoms with Gasteiger partial charge in [-0.15, -0.1) is 15.3 Å². The molecule has 0 radical (unpaired) electrons. The second-order valence-electron chi connectivity index (χ2n) is 7.19. The topological polar surface area (TPSA) is 69.9 Å². The first kappa shape index (κ1) is 18.9. The first-order valence-corrected chi connectivity index (χ1v) is 9.46. The molecule has 2 aromatic rings. The number of rotatable bonds is 3. The SMILES string of the molecule is O=C(CN1CCN(c2ccc3nnc(C(F)(F)F)n3n2)CC1)N1CCCCC1. The number of fused-ring (bicyclic) bond motifs is 1. The molecule has 0 spiro atoms. The maximum Gasteiger partial charge on any atom is 0.453 e. The summed E-state index contributed by atoms with van der Waals surface area (Å²) < 4.78 is 39.8. The number of carbonyl (C=O) groups excluding carboxylic acids is 1. The highest BCUT2D eigenvalue weighted by atomic mass is 19.4. The monoisotopic (exact) mass is 397 g/mol. The van der Waals surface area contributed by atoms with Gasteiger partial charge in [-0.25, -0.2) is 0 Å². The molecule has 2 saturated heterocycles. The lowest BCUT2D eigenvalue weighted by Gasteiger charge is -2.36. The predicted molar refractivity (Wildman–Crippen MR) is 94.9 cm³/mol. The molecule has 11 heteroatoms. The molecule has 2 fully saturated rings. The van der Waals surface area contributed by atoms with E-state index < -0.39 is 12.0 Å². The van der Waals surface area contributed by atoms with Crippen molar-refractivity contribution in [2.24, 2.45) is 0 Å². The van der Waals surface area contributed by atoms with Crippen LogP contribution < -0.4 is 4.90 Å². The fraction of sp³-hybridized carbons (Fsp3) is 0.647. The number of likely N-dealkylation sites (tertiary alicyclic amines) is 1. The van der Waals surface area contributed by atoms with E-state index in [1.807, 2.05) is 9.80 Å². The summed E-state index contributed by atoms with van der Waals surface area (Å²) in [6, 6.07) is 3.13. The van der Waals surface area contributed by atoms with E-state index in [0.717, 1.165) is 30.4 Å². The quantitative estimate of drug-likeness (QED) is 0.777. The molecule has 0 aliphatic carbocycles. The van der Waals surface area contributed by atoms with Gasteiger partial charge in [-0.2, -0.15) is 17.7 Å². The summed E-state index contributed by atoms with van der Waals surface area (Å²) in [6.45, 7) is 4.57. The molecule has 0 atom stereocenters. The minimum atomic E-state index is -4.61. The summed E-state index contributed by atoms with van der Waals surface area (Å²) in [5, 5.41) is 10.8. The zero-order valence-corrected chi connectivity index (χ0v) is 15.4. The molecule has 0 unspecified atom stereocenters. The number of amides is 1. The molecule has 1 amide bonds. The van der Waals surface area contributed by atoms with Crippen molar-refractivity contribution in [2.75, 3.05) is 50.7 Å². The van der Waals surface area contributed by atoms with Gasteiger partial charge >= 0.3 is 6.18 Å². The lowest BCUT2D eigenvalue weighted by molar-refractivity contribution is -0.146. The van der Waals surface area contributed by atoms with E-state index in [1.54, 1.807) is 6.07 Å². The van der Waals surface area contributed by atoms with Crippen LogP contribution in [-0.4, -0.2) is 81.3 Å². The largest absolute Gasteiger partial charge is 0.453 e. The average molecular weight is 397 g/mol. The molecule has 0 aromatic carbocycles. The van der Waals surface area contributed by atoms with Crippen LogP contribution in [0, 0.1) is 0 Å². The smallest absolute Gasteiger partial charge is 0.353 e. The van der Waals surface area contributed by atoms with E-state index in [1.165, 1.54) is 12.5 Å². The van der Waals surface area contributed by atoms with Gasteiger partial charge in [0.15, 0.2) is 5.65 Å². The summed E-state index contributed by atoms with van der Waals surface area (Å²) >= 11 is 0. The third-order valence-electron chi connectivity index (χ3n) is 5.27. The molecule has 0 N–H and O–H groups in total. The van der Waals surface area contributed by atoms with Crippen LogP contribution in [0.5, 0.6) is 0 Å². The van der Waals surface area contributed by atoms with E-state index in [2.05, 4.69) is 20.2 Å². The van der Waals surface area contributed by atoms with Gasteiger partial charge < -0.3 is 9.80 Å². The van der Waals surface area contributed by atoms with Crippen molar-refractivity contribution in [3.8, 4) is 0 Å². The van der Waals surface area contributed by atoms with Gasteiger partial charge in [0, 0.05) is 39.3 Å². The van der Waals surface area contributed by atoms with E-state index in [0.29, 0.717) is 38.5 Å². The highest BCUT2D eigenvalue weighted by molar-refractivity contribution is 5.78. The highest BCUT2D eigenvalue weighted by Gasteiger charge is 2.38. The Balaban J connectivity index is 1.39. The van der Waals surface area contributed by atoms with Crippen LogP contribution in [0.4, 0.5) is 19.0 Å². The van der Waals surface area contributed by atoms with Crippen molar-refractivity contribution >= 4 is 17.4 Å². The van der Waals surface area contributed by atoms with Gasteiger partial charge in [0.1, 0.15) is 5.82 Å². The zero-order valence-electron chi connectivity index (χ0n) is 15.4. The minimum Gasteiger partial charge on any atom is -0.353 e. The zero-order chi connectivity index (χ0) is 19.7. The Hall–Kier alpha value is -2.43. The third kappa shape index (κ3) is 3.89. The second kappa shape index (κ2) is 7.53. The molecule has 28 heavy (non-hydrogen) atoms. The number of carbonyl (C=O) groups is 1. The Kier molecular flexibility index (Phi) is 5.09. The standard InChI is InChI=1S/C17H22F3N7O/c18-17(19,20)16-22-21-13-4-5-14(23-27(13)16)25-10-8-24(9-11-25)12-15(28)26-6-2-1-3-7-26/h4-5H,1-3,6-12H2. The fourth-order valence-corrected chi connectivity index (χ4v) is 3.69.